The number of H-pyrrole nitrogens is 2. The number of hydrogen-bond donors (Lipinski definition) is 2. The zero-order valence-corrected chi connectivity index (χ0v) is 17.0. The van der Waals surface area contributed by atoms with E-state index < -0.39 is 5.97 Å². The molecule has 0 aliphatic rings. The quantitative estimate of drug-likeness (QED) is 0.432. The fraction of sp³-hybridized carbons (Fsp3) is 0.174. The van der Waals surface area contributed by atoms with Crippen molar-refractivity contribution in [3.8, 4) is 6.07 Å². The van der Waals surface area contributed by atoms with E-state index >= 15 is 0 Å². The van der Waals surface area contributed by atoms with Crippen LogP contribution in [0.5, 0.6) is 0 Å². The third-order valence-corrected chi connectivity index (χ3v) is 5.28. The number of halogens is 1. The minimum Gasteiger partial charge on any atom is -0.461 e. The van der Waals surface area contributed by atoms with Crippen molar-refractivity contribution in [3.05, 3.63) is 88.1 Å². The summed E-state index contributed by atoms with van der Waals surface area (Å²) in [5, 5.41) is 10.5. The molecule has 2 heterocycles. The van der Waals surface area contributed by atoms with E-state index in [4.69, 9.17) is 21.6 Å². The Kier molecular flexibility index (Phi) is 5.55. The molecule has 4 rings (SSSR count). The van der Waals surface area contributed by atoms with Gasteiger partial charge in [-0.25, -0.2) is 9.78 Å². The Morgan fingerprint density at radius 1 is 1.27 bits per heavy atom. The molecule has 0 saturated heterocycles. The van der Waals surface area contributed by atoms with Crippen LogP contribution in [0.1, 0.15) is 45.7 Å². The van der Waals surface area contributed by atoms with E-state index in [1.54, 1.807) is 37.6 Å². The van der Waals surface area contributed by atoms with E-state index in [0.29, 0.717) is 22.7 Å². The molecule has 2 aromatic heterocycles. The number of fused-ring (bicyclic) bond motifs is 1. The second-order valence-corrected chi connectivity index (χ2v) is 7.33. The molecule has 0 bridgehead atoms. The van der Waals surface area contributed by atoms with Gasteiger partial charge >= 0.3 is 5.97 Å². The molecule has 0 fully saturated rings. The molecule has 0 aliphatic carbocycles. The number of aromatic amines is 2. The number of aromatic nitrogens is 3. The second kappa shape index (κ2) is 8.44. The van der Waals surface area contributed by atoms with Crippen molar-refractivity contribution in [3.63, 3.8) is 0 Å². The molecule has 2 N–H and O–H groups in total. The van der Waals surface area contributed by atoms with Crippen molar-refractivity contribution in [1.29, 1.82) is 5.26 Å². The summed E-state index contributed by atoms with van der Waals surface area (Å²) in [6.45, 7) is 2.05. The predicted octanol–water partition coefficient (Wildman–Crippen LogP) is 4.97. The maximum Gasteiger partial charge on any atom is 0.355 e. The molecule has 2 aromatic carbocycles. The number of nitrogens with zero attached hydrogens (tertiary/aromatic N) is 2. The first-order valence-corrected chi connectivity index (χ1v) is 9.94. The second-order valence-electron chi connectivity index (χ2n) is 6.90. The highest BCUT2D eigenvalue weighted by Gasteiger charge is 2.28. The van der Waals surface area contributed by atoms with Crippen molar-refractivity contribution in [2.24, 2.45) is 0 Å². The summed E-state index contributed by atoms with van der Waals surface area (Å²) in [5.74, 6) is -0.615. The van der Waals surface area contributed by atoms with Crippen LogP contribution < -0.4 is 0 Å². The van der Waals surface area contributed by atoms with Crippen LogP contribution in [-0.2, 0) is 11.2 Å². The first-order valence-electron chi connectivity index (χ1n) is 9.56. The van der Waals surface area contributed by atoms with Crippen LogP contribution in [-0.4, -0.2) is 27.5 Å². The van der Waals surface area contributed by atoms with Crippen molar-refractivity contribution in [2.45, 2.75) is 19.3 Å². The molecule has 150 valence electrons. The van der Waals surface area contributed by atoms with Gasteiger partial charge < -0.3 is 14.7 Å². The Bertz CT molecular complexity index is 1220. The number of imidazole rings is 1. The number of rotatable bonds is 6. The van der Waals surface area contributed by atoms with Crippen LogP contribution in [0.4, 0.5) is 0 Å². The van der Waals surface area contributed by atoms with Crippen LogP contribution in [0.3, 0.4) is 0 Å². The van der Waals surface area contributed by atoms with Gasteiger partial charge in [-0.1, -0.05) is 23.7 Å². The number of esters is 1. The van der Waals surface area contributed by atoms with E-state index in [1.165, 1.54) is 0 Å². The highest BCUT2D eigenvalue weighted by molar-refractivity contribution is 6.31. The fourth-order valence-corrected chi connectivity index (χ4v) is 3.86. The van der Waals surface area contributed by atoms with E-state index in [0.717, 1.165) is 27.7 Å². The standard InChI is InChI=1S/C23H19ClN4O2/c1-2-30-23(29)22-21(18-10-16(24)7-8-19(18)28-22)17(20-12-26-13-27-20)9-14-3-5-15(11-25)6-4-14/h3-8,10,12-13,17,28H,2,9H2,1H3,(H,26,27). The Morgan fingerprint density at radius 2 is 2.07 bits per heavy atom. The van der Waals surface area contributed by atoms with Crippen molar-refractivity contribution in [1.82, 2.24) is 15.0 Å². The van der Waals surface area contributed by atoms with Gasteiger partial charge in [-0.2, -0.15) is 5.26 Å². The number of hydrogen-bond acceptors (Lipinski definition) is 4. The van der Waals surface area contributed by atoms with Crippen molar-refractivity contribution >= 4 is 28.5 Å². The van der Waals surface area contributed by atoms with E-state index in [1.807, 2.05) is 24.3 Å². The van der Waals surface area contributed by atoms with Gasteiger partial charge in [0.1, 0.15) is 5.69 Å². The monoisotopic (exact) mass is 418 g/mol. The summed E-state index contributed by atoms with van der Waals surface area (Å²) in [5.41, 5.74) is 4.51. The average molecular weight is 419 g/mol. The van der Waals surface area contributed by atoms with Crippen molar-refractivity contribution < 1.29 is 9.53 Å². The number of nitrogens with one attached hydrogen (secondary N) is 2. The molecule has 6 nitrogen and oxygen atoms in total. The van der Waals surface area contributed by atoms with E-state index in [2.05, 4.69) is 21.0 Å². The van der Waals surface area contributed by atoms with E-state index in [9.17, 15) is 4.79 Å². The van der Waals surface area contributed by atoms with Gasteiger partial charge in [0.15, 0.2) is 0 Å². The Balaban J connectivity index is 1.89. The minimum absolute atomic E-state index is 0.202. The topological polar surface area (TPSA) is 94.6 Å². The Morgan fingerprint density at radius 3 is 2.73 bits per heavy atom. The number of benzene rings is 2. The lowest BCUT2D eigenvalue weighted by Crippen LogP contribution is -2.13. The summed E-state index contributed by atoms with van der Waals surface area (Å²) in [6, 6.07) is 15.1. The zero-order valence-electron chi connectivity index (χ0n) is 16.3. The largest absolute Gasteiger partial charge is 0.461 e. The molecular weight excluding hydrogens is 400 g/mol. The van der Waals surface area contributed by atoms with Gasteiger partial charge in [0.05, 0.1) is 24.6 Å². The molecule has 1 atom stereocenters. The third kappa shape index (κ3) is 3.80. The van der Waals surface area contributed by atoms with Gasteiger partial charge in [-0.05, 0) is 49.2 Å². The lowest BCUT2D eigenvalue weighted by Gasteiger charge is -2.17. The summed E-state index contributed by atoms with van der Waals surface area (Å²) >= 11 is 6.28. The molecule has 0 spiro atoms. The summed E-state index contributed by atoms with van der Waals surface area (Å²) in [6.07, 6.45) is 3.97. The molecule has 4 aromatic rings. The first-order chi connectivity index (χ1) is 14.6. The first kappa shape index (κ1) is 19.7. The molecule has 0 aliphatic heterocycles. The molecule has 0 radical (unpaired) electrons. The number of carbonyl (C=O) groups excluding carboxylic acids is 1. The molecule has 0 amide bonds. The van der Waals surface area contributed by atoms with Gasteiger partial charge in [-0.15, -0.1) is 0 Å². The summed E-state index contributed by atoms with van der Waals surface area (Å²) in [7, 11) is 0. The predicted molar refractivity (Wildman–Crippen MR) is 115 cm³/mol. The normalized spacial score (nSPS) is 11.9. The number of nitriles is 1. The summed E-state index contributed by atoms with van der Waals surface area (Å²) < 4.78 is 5.31. The number of ether oxygens (including phenoxy) is 1. The maximum atomic E-state index is 12.8. The molecule has 30 heavy (non-hydrogen) atoms. The average Bonchev–Trinajstić information content (AvgIpc) is 3.41. The van der Waals surface area contributed by atoms with Gasteiger partial charge in [0, 0.05) is 39.3 Å². The summed E-state index contributed by atoms with van der Waals surface area (Å²) in [4.78, 5) is 23.4. The van der Waals surface area contributed by atoms with Crippen LogP contribution in [0, 0.1) is 11.3 Å². The van der Waals surface area contributed by atoms with Gasteiger partial charge in [-0.3, -0.25) is 0 Å². The van der Waals surface area contributed by atoms with Gasteiger partial charge in [0.2, 0.25) is 0 Å². The minimum atomic E-state index is -0.413. The zero-order chi connectivity index (χ0) is 21.1. The van der Waals surface area contributed by atoms with Gasteiger partial charge in [0.25, 0.3) is 0 Å². The molecule has 0 saturated carbocycles. The highest BCUT2D eigenvalue weighted by Crippen LogP contribution is 2.37. The van der Waals surface area contributed by atoms with E-state index in [-0.39, 0.29) is 12.5 Å². The molecule has 1 unspecified atom stereocenters. The third-order valence-electron chi connectivity index (χ3n) is 5.05. The van der Waals surface area contributed by atoms with Crippen LogP contribution in [0.15, 0.2) is 55.0 Å². The fourth-order valence-electron chi connectivity index (χ4n) is 3.69. The molecule has 7 heteroatoms. The van der Waals surface area contributed by atoms with Crippen LogP contribution >= 0.6 is 11.6 Å². The highest BCUT2D eigenvalue weighted by atomic mass is 35.5. The lowest BCUT2D eigenvalue weighted by atomic mass is 9.87. The maximum absolute atomic E-state index is 12.8. The smallest absolute Gasteiger partial charge is 0.355 e. The lowest BCUT2D eigenvalue weighted by molar-refractivity contribution is 0.0519. The van der Waals surface area contributed by atoms with Crippen molar-refractivity contribution in [2.75, 3.05) is 6.61 Å². The van der Waals surface area contributed by atoms with Crippen LogP contribution in [0.2, 0.25) is 5.02 Å². The Hall–Kier alpha value is -3.56. The van der Waals surface area contributed by atoms with Crippen LogP contribution in [0.25, 0.3) is 10.9 Å². The Labute approximate surface area is 178 Å². The molecular formula is C23H19ClN4O2. The number of carbonyl (C=O) groups is 1. The SMILES string of the molecule is CCOC(=O)c1[nH]c2ccc(Cl)cc2c1C(Cc1ccc(C#N)cc1)c1cnc[nH]1.